The van der Waals surface area contributed by atoms with Crippen LogP contribution < -0.4 is 4.90 Å². The summed E-state index contributed by atoms with van der Waals surface area (Å²) in [7, 11) is 0. The summed E-state index contributed by atoms with van der Waals surface area (Å²) in [6.07, 6.45) is 0. The summed E-state index contributed by atoms with van der Waals surface area (Å²) in [5.74, 6) is -1.65. The van der Waals surface area contributed by atoms with Gasteiger partial charge in [-0.1, -0.05) is 18.2 Å². The number of carboxylic acid groups (broad SMARTS) is 1. The summed E-state index contributed by atoms with van der Waals surface area (Å²) in [6, 6.07) is 9.11. The summed E-state index contributed by atoms with van der Waals surface area (Å²) in [5, 5.41) is 11.2. The number of fused-ring (bicyclic) bond motifs is 1. The second kappa shape index (κ2) is 4.76. The highest BCUT2D eigenvalue weighted by Crippen LogP contribution is 2.37. The Kier molecular flexibility index (Phi) is 3.06. The zero-order valence-corrected chi connectivity index (χ0v) is 11.7. The highest BCUT2D eigenvalue weighted by Gasteiger charge is 2.37. The van der Waals surface area contributed by atoms with E-state index in [2.05, 4.69) is 0 Å². The lowest BCUT2D eigenvalue weighted by Crippen LogP contribution is -2.31. The van der Waals surface area contributed by atoms with Gasteiger partial charge in [0, 0.05) is 12.2 Å². The van der Waals surface area contributed by atoms with Crippen LogP contribution in [0.2, 0.25) is 0 Å². The predicted molar refractivity (Wildman–Crippen MR) is 77.6 cm³/mol. The number of rotatable bonds is 2. The first kappa shape index (κ1) is 12.9. The van der Waals surface area contributed by atoms with Crippen LogP contribution in [0.15, 0.2) is 35.7 Å². The third kappa shape index (κ3) is 1.91. The largest absolute Gasteiger partial charge is 0.481 e. The third-order valence-corrected chi connectivity index (χ3v) is 4.57. The van der Waals surface area contributed by atoms with Crippen LogP contribution in [0, 0.1) is 6.92 Å². The van der Waals surface area contributed by atoms with Crippen LogP contribution in [-0.4, -0.2) is 23.5 Å². The lowest BCUT2D eigenvalue weighted by atomic mass is 10.0. The standard InChI is InChI=1S/C15H13NO3S/c1-9-6-7-20-13(9)14(17)16-8-11(15(18)19)10-4-2-3-5-12(10)16/h2-7,11H,8H2,1H3,(H,18,19). The second-order valence-electron chi connectivity index (χ2n) is 4.80. The first-order chi connectivity index (χ1) is 9.59. The first-order valence-corrected chi connectivity index (χ1v) is 7.15. The highest BCUT2D eigenvalue weighted by molar-refractivity contribution is 7.12. The van der Waals surface area contributed by atoms with Gasteiger partial charge in [-0.15, -0.1) is 11.3 Å². The number of aryl methyl sites for hydroxylation is 1. The van der Waals surface area contributed by atoms with Crippen molar-refractivity contribution in [2.45, 2.75) is 12.8 Å². The minimum absolute atomic E-state index is 0.117. The minimum atomic E-state index is -0.893. The van der Waals surface area contributed by atoms with Gasteiger partial charge >= 0.3 is 5.97 Å². The van der Waals surface area contributed by atoms with E-state index in [9.17, 15) is 14.7 Å². The molecule has 1 amide bonds. The Morgan fingerprint density at radius 1 is 1.30 bits per heavy atom. The summed E-state index contributed by atoms with van der Waals surface area (Å²) < 4.78 is 0. The molecule has 1 atom stereocenters. The van der Waals surface area contributed by atoms with Gasteiger partial charge in [-0.05, 0) is 35.6 Å². The van der Waals surface area contributed by atoms with Gasteiger partial charge in [-0.2, -0.15) is 0 Å². The van der Waals surface area contributed by atoms with Gasteiger partial charge in [-0.25, -0.2) is 0 Å². The Morgan fingerprint density at radius 3 is 2.70 bits per heavy atom. The van der Waals surface area contributed by atoms with E-state index in [1.807, 2.05) is 24.4 Å². The number of para-hydroxylation sites is 1. The zero-order chi connectivity index (χ0) is 14.3. The van der Waals surface area contributed by atoms with Crippen LogP contribution in [0.4, 0.5) is 5.69 Å². The molecule has 0 aliphatic carbocycles. The molecule has 1 aromatic heterocycles. The van der Waals surface area contributed by atoms with Crippen LogP contribution in [0.1, 0.15) is 26.7 Å². The average Bonchev–Trinajstić information content (AvgIpc) is 3.01. The van der Waals surface area contributed by atoms with Crippen LogP contribution in [0.25, 0.3) is 0 Å². The number of thiophene rings is 1. The van der Waals surface area contributed by atoms with Crippen LogP contribution in [0.5, 0.6) is 0 Å². The SMILES string of the molecule is Cc1ccsc1C(=O)N1CC(C(=O)O)c2ccccc21. The average molecular weight is 287 g/mol. The Balaban J connectivity index is 2.03. The fourth-order valence-electron chi connectivity index (χ4n) is 2.53. The zero-order valence-electron chi connectivity index (χ0n) is 10.9. The van der Waals surface area contributed by atoms with E-state index in [0.717, 1.165) is 5.56 Å². The van der Waals surface area contributed by atoms with E-state index < -0.39 is 11.9 Å². The van der Waals surface area contributed by atoms with Crippen molar-refractivity contribution in [3.8, 4) is 0 Å². The Hall–Kier alpha value is -2.14. The Morgan fingerprint density at radius 2 is 2.05 bits per heavy atom. The quantitative estimate of drug-likeness (QED) is 0.924. The number of benzene rings is 1. The van der Waals surface area contributed by atoms with Crippen molar-refractivity contribution >= 4 is 28.9 Å². The van der Waals surface area contributed by atoms with Crippen molar-refractivity contribution in [1.29, 1.82) is 0 Å². The second-order valence-corrected chi connectivity index (χ2v) is 5.71. The van der Waals surface area contributed by atoms with E-state index >= 15 is 0 Å². The number of carboxylic acids is 1. The molecule has 0 saturated heterocycles. The highest BCUT2D eigenvalue weighted by atomic mass is 32.1. The third-order valence-electron chi connectivity index (χ3n) is 3.57. The number of carbonyl (C=O) groups is 2. The molecule has 0 radical (unpaired) electrons. The van der Waals surface area contributed by atoms with E-state index in [1.54, 1.807) is 23.1 Å². The molecule has 1 N–H and O–H groups in total. The number of aliphatic carboxylic acids is 1. The molecule has 0 saturated carbocycles. The maximum atomic E-state index is 12.6. The van der Waals surface area contributed by atoms with Crippen molar-refractivity contribution < 1.29 is 14.7 Å². The first-order valence-electron chi connectivity index (χ1n) is 6.27. The van der Waals surface area contributed by atoms with E-state index in [-0.39, 0.29) is 12.5 Å². The van der Waals surface area contributed by atoms with Gasteiger partial charge in [0.05, 0.1) is 4.88 Å². The molecule has 5 heteroatoms. The van der Waals surface area contributed by atoms with Crippen molar-refractivity contribution in [3.63, 3.8) is 0 Å². The fraction of sp³-hybridized carbons (Fsp3) is 0.200. The number of nitrogens with zero attached hydrogens (tertiary/aromatic N) is 1. The number of anilines is 1. The van der Waals surface area contributed by atoms with Crippen molar-refractivity contribution in [2.24, 2.45) is 0 Å². The molecule has 2 heterocycles. The van der Waals surface area contributed by atoms with Crippen molar-refractivity contribution in [1.82, 2.24) is 0 Å². The molecular formula is C15H13NO3S. The molecule has 1 unspecified atom stereocenters. The molecule has 20 heavy (non-hydrogen) atoms. The maximum Gasteiger partial charge on any atom is 0.312 e. The number of hydrogen-bond donors (Lipinski definition) is 1. The van der Waals surface area contributed by atoms with Gasteiger partial charge in [-0.3, -0.25) is 9.59 Å². The summed E-state index contributed by atoms with van der Waals surface area (Å²) in [5.41, 5.74) is 2.34. The molecule has 4 nitrogen and oxygen atoms in total. The minimum Gasteiger partial charge on any atom is -0.481 e. The van der Waals surface area contributed by atoms with Gasteiger partial charge in [0.15, 0.2) is 0 Å². The molecule has 0 bridgehead atoms. The number of amides is 1. The fourth-order valence-corrected chi connectivity index (χ4v) is 3.40. The van der Waals surface area contributed by atoms with Crippen molar-refractivity contribution in [2.75, 3.05) is 11.4 Å². The van der Waals surface area contributed by atoms with Crippen LogP contribution in [0.3, 0.4) is 0 Å². The van der Waals surface area contributed by atoms with Gasteiger partial charge in [0.2, 0.25) is 0 Å². The number of carbonyl (C=O) groups excluding carboxylic acids is 1. The summed E-state index contributed by atoms with van der Waals surface area (Å²) in [4.78, 5) is 26.2. The Labute approximate surface area is 120 Å². The van der Waals surface area contributed by atoms with Crippen LogP contribution >= 0.6 is 11.3 Å². The topological polar surface area (TPSA) is 57.6 Å². The summed E-state index contributed by atoms with van der Waals surface area (Å²) in [6.45, 7) is 2.09. The van der Waals surface area contributed by atoms with Crippen LogP contribution in [-0.2, 0) is 4.79 Å². The van der Waals surface area contributed by atoms with E-state index in [4.69, 9.17) is 0 Å². The molecule has 0 fully saturated rings. The molecule has 0 spiro atoms. The lowest BCUT2D eigenvalue weighted by Gasteiger charge is -2.17. The monoisotopic (exact) mass is 287 g/mol. The van der Waals surface area contributed by atoms with Crippen molar-refractivity contribution in [3.05, 3.63) is 51.7 Å². The number of hydrogen-bond acceptors (Lipinski definition) is 3. The van der Waals surface area contributed by atoms with Gasteiger partial charge in [0.1, 0.15) is 5.92 Å². The van der Waals surface area contributed by atoms with Gasteiger partial charge in [0.25, 0.3) is 5.91 Å². The van der Waals surface area contributed by atoms with Gasteiger partial charge < -0.3 is 10.0 Å². The molecule has 102 valence electrons. The summed E-state index contributed by atoms with van der Waals surface area (Å²) >= 11 is 1.39. The lowest BCUT2D eigenvalue weighted by molar-refractivity contribution is -0.138. The molecular weight excluding hydrogens is 274 g/mol. The molecule has 3 rings (SSSR count). The molecule has 2 aromatic rings. The normalized spacial score (nSPS) is 17.1. The molecule has 1 aromatic carbocycles. The smallest absolute Gasteiger partial charge is 0.312 e. The molecule has 1 aliphatic rings. The van der Waals surface area contributed by atoms with E-state index in [0.29, 0.717) is 16.1 Å². The predicted octanol–water partition coefficient (Wildman–Crippen LogP) is 2.89. The maximum absolute atomic E-state index is 12.6. The molecule has 1 aliphatic heterocycles. The van der Waals surface area contributed by atoms with E-state index in [1.165, 1.54) is 11.3 Å². The Bertz CT molecular complexity index is 692.